The minimum atomic E-state index is -1.10. The summed E-state index contributed by atoms with van der Waals surface area (Å²) in [4.78, 5) is 13.0. The summed E-state index contributed by atoms with van der Waals surface area (Å²) in [5.74, 6) is -2.66. The lowest BCUT2D eigenvalue weighted by Crippen LogP contribution is -2.34. The van der Waals surface area contributed by atoms with Gasteiger partial charge in [0.15, 0.2) is 17.3 Å². The third kappa shape index (κ3) is 2.59. The van der Waals surface area contributed by atoms with Crippen molar-refractivity contribution in [2.24, 2.45) is 11.8 Å². The highest BCUT2D eigenvalue weighted by molar-refractivity contribution is 6.24. The summed E-state index contributed by atoms with van der Waals surface area (Å²) in [6.45, 7) is 0.0923. The van der Waals surface area contributed by atoms with Crippen LogP contribution in [0, 0.1) is 34.5 Å². The lowest BCUT2D eigenvalue weighted by atomic mass is 9.68. The van der Waals surface area contributed by atoms with Crippen LogP contribution in [-0.4, -0.2) is 17.7 Å². The number of aliphatic hydroxyl groups excluding tert-OH is 1. The van der Waals surface area contributed by atoms with Crippen LogP contribution >= 0.6 is 0 Å². The third-order valence-electron chi connectivity index (χ3n) is 4.92. The molecule has 6 nitrogen and oxygen atoms in total. The summed E-state index contributed by atoms with van der Waals surface area (Å²) in [7, 11) is 0. The molecule has 0 bridgehead atoms. The summed E-state index contributed by atoms with van der Waals surface area (Å²) in [5.41, 5.74) is 1.10. The fourth-order valence-electron chi connectivity index (χ4n) is 3.64. The molecule has 2 aliphatic rings. The maximum absolute atomic E-state index is 13.0. The van der Waals surface area contributed by atoms with Crippen LogP contribution in [0.15, 0.2) is 54.3 Å². The number of hydrogen-bond donors (Lipinski definition) is 1. The Hall–Kier alpha value is -3.77. The molecule has 0 fully saturated rings. The number of rotatable bonds is 2. The topological polar surface area (TPSA) is 103 Å². The SMILES string of the molecule is N#CC1C(=O)C(c2ccccc2)=C(O)C(C#N)C1c1ccc2c(c1)OCO2. The Balaban J connectivity index is 1.86. The molecule has 0 radical (unpaired) electrons. The quantitative estimate of drug-likeness (QED) is 0.883. The molecule has 1 heterocycles. The van der Waals surface area contributed by atoms with Crippen LogP contribution in [-0.2, 0) is 4.79 Å². The highest BCUT2D eigenvalue weighted by Gasteiger charge is 2.46. The standard InChI is InChI=1S/C21H14N2O4/c22-9-14-18(13-6-7-16-17(8-13)27-11-26-16)15(10-23)21(25)19(20(14)24)12-4-2-1-3-5-12/h1-8,14-15,18,24H,11H2. The van der Waals surface area contributed by atoms with Crippen molar-refractivity contribution in [2.75, 3.05) is 6.79 Å². The van der Waals surface area contributed by atoms with Crippen LogP contribution in [0.3, 0.4) is 0 Å². The number of ketones is 1. The highest BCUT2D eigenvalue weighted by Crippen LogP contribution is 2.46. The normalized spacial score (nSPS) is 23.6. The second kappa shape index (κ2) is 6.51. The molecular weight excluding hydrogens is 344 g/mol. The van der Waals surface area contributed by atoms with E-state index in [-0.39, 0.29) is 18.1 Å². The van der Waals surface area contributed by atoms with E-state index in [9.17, 15) is 20.4 Å². The van der Waals surface area contributed by atoms with E-state index >= 15 is 0 Å². The van der Waals surface area contributed by atoms with Gasteiger partial charge < -0.3 is 14.6 Å². The molecule has 0 amide bonds. The highest BCUT2D eigenvalue weighted by atomic mass is 16.7. The molecule has 3 unspecified atom stereocenters. The predicted octanol–water partition coefficient (Wildman–Crippen LogP) is 3.33. The number of benzene rings is 2. The minimum Gasteiger partial charge on any atom is -0.510 e. The van der Waals surface area contributed by atoms with Crippen molar-refractivity contribution in [1.29, 1.82) is 10.5 Å². The largest absolute Gasteiger partial charge is 0.510 e. The Morgan fingerprint density at radius 3 is 2.37 bits per heavy atom. The summed E-state index contributed by atoms with van der Waals surface area (Å²) in [6.07, 6.45) is 0. The Bertz CT molecular complexity index is 1030. The molecule has 0 spiro atoms. The van der Waals surface area contributed by atoms with E-state index in [0.717, 1.165) is 0 Å². The average Bonchev–Trinajstić information content (AvgIpc) is 3.16. The number of fused-ring (bicyclic) bond motifs is 1. The van der Waals surface area contributed by atoms with Gasteiger partial charge in [0.05, 0.1) is 17.7 Å². The lowest BCUT2D eigenvalue weighted by Gasteiger charge is -2.32. The molecule has 132 valence electrons. The van der Waals surface area contributed by atoms with E-state index in [2.05, 4.69) is 6.07 Å². The van der Waals surface area contributed by atoms with Gasteiger partial charge in [0.1, 0.15) is 17.6 Å². The second-order valence-electron chi connectivity index (χ2n) is 6.34. The van der Waals surface area contributed by atoms with E-state index < -0.39 is 23.5 Å². The van der Waals surface area contributed by atoms with Crippen LogP contribution < -0.4 is 9.47 Å². The van der Waals surface area contributed by atoms with Crippen LogP contribution in [0.4, 0.5) is 0 Å². The molecule has 1 N–H and O–H groups in total. The molecule has 6 heteroatoms. The van der Waals surface area contributed by atoms with Crippen molar-refractivity contribution in [3.63, 3.8) is 0 Å². The van der Waals surface area contributed by atoms with Gasteiger partial charge in [-0.1, -0.05) is 36.4 Å². The van der Waals surface area contributed by atoms with E-state index in [1.54, 1.807) is 48.5 Å². The fraction of sp³-hybridized carbons (Fsp3) is 0.190. The molecule has 0 aromatic heterocycles. The van der Waals surface area contributed by atoms with Crippen molar-refractivity contribution in [3.05, 3.63) is 65.4 Å². The maximum atomic E-state index is 13.0. The monoisotopic (exact) mass is 358 g/mol. The lowest BCUT2D eigenvalue weighted by molar-refractivity contribution is -0.117. The van der Waals surface area contributed by atoms with Gasteiger partial charge in [0.2, 0.25) is 6.79 Å². The van der Waals surface area contributed by atoms with Crippen molar-refractivity contribution < 1.29 is 19.4 Å². The number of aliphatic hydroxyl groups is 1. The van der Waals surface area contributed by atoms with Crippen molar-refractivity contribution in [3.8, 4) is 23.6 Å². The van der Waals surface area contributed by atoms with Gasteiger partial charge in [-0.15, -0.1) is 0 Å². The molecule has 2 aromatic rings. The molecule has 1 aliphatic carbocycles. The van der Waals surface area contributed by atoms with E-state index in [1.807, 2.05) is 6.07 Å². The van der Waals surface area contributed by atoms with E-state index in [1.165, 1.54) is 0 Å². The van der Waals surface area contributed by atoms with Crippen LogP contribution in [0.2, 0.25) is 0 Å². The van der Waals surface area contributed by atoms with Crippen molar-refractivity contribution >= 4 is 11.4 Å². The number of ether oxygens (including phenoxy) is 2. The van der Waals surface area contributed by atoms with Gasteiger partial charge in [-0.25, -0.2) is 0 Å². The first-order valence-electron chi connectivity index (χ1n) is 8.37. The molecule has 4 rings (SSSR count). The summed E-state index contributed by atoms with van der Waals surface area (Å²) >= 11 is 0. The van der Waals surface area contributed by atoms with Crippen LogP contribution in [0.1, 0.15) is 17.0 Å². The first kappa shape index (κ1) is 16.7. The maximum Gasteiger partial charge on any atom is 0.231 e. The molecule has 2 aromatic carbocycles. The minimum absolute atomic E-state index is 0.0330. The van der Waals surface area contributed by atoms with Gasteiger partial charge in [-0.3, -0.25) is 4.79 Å². The third-order valence-corrected chi connectivity index (χ3v) is 4.92. The van der Waals surface area contributed by atoms with Crippen molar-refractivity contribution in [1.82, 2.24) is 0 Å². The smallest absolute Gasteiger partial charge is 0.231 e. The number of carbonyl (C=O) groups is 1. The molecule has 0 saturated heterocycles. The molecule has 3 atom stereocenters. The number of nitrogens with zero attached hydrogens (tertiary/aromatic N) is 2. The van der Waals surface area contributed by atoms with Crippen LogP contribution in [0.5, 0.6) is 11.5 Å². The van der Waals surface area contributed by atoms with Gasteiger partial charge in [0, 0.05) is 5.92 Å². The second-order valence-corrected chi connectivity index (χ2v) is 6.34. The zero-order valence-corrected chi connectivity index (χ0v) is 14.1. The number of allylic oxidation sites excluding steroid dienone is 2. The Labute approximate surface area is 155 Å². The fourth-order valence-corrected chi connectivity index (χ4v) is 3.64. The van der Waals surface area contributed by atoms with E-state index in [0.29, 0.717) is 22.6 Å². The molecule has 0 saturated carbocycles. The van der Waals surface area contributed by atoms with Gasteiger partial charge >= 0.3 is 0 Å². The Morgan fingerprint density at radius 1 is 0.963 bits per heavy atom. The molecular formula is C21H14N2O4. The number of nitriles is 2. The molecule has 1 aliphatic heterocycles. The van der Waals surface area contributed by atoms with Gasteiger partial charge in [0.25, 0.3) is 0 Å². The number of hydrogen-bond acceptors (Lipinski definition) is 6. The van der Waals surface area contributed by atoms with E-state index in [4.69, 9.17) is 9.47 Å². The first-order chi connectivity index (χ1) is 13.2. The van der Waals surface area contributed by atoms with Gasteiger partial charge in [-0.05, 0) is 23.3 Å². The summed E-state index contributed by atoms with van der Waals surface area (Å²) < 4.78 is 10.7. The summed E-state index contributed by atoms with van der Waals surface area (Å²) in [5, 5.41) is 30.2. The van der Waals surface area contributed by atoms with Crippen molar-refractivity contribution in [2.45, 2.75) is 5.92 Å². The Morgan fingerprint density at radius 2 is 1.67 bits per heavy atom. The molecule has 27 heavy (non-hydrogen) atoms. The van der Waals surface area contributed by atoms with Crippen LogP contribution in [0.25, 0.3) is 5.57 Å². The summed E-state index contributed by atoms with van der Waals surface area (Å²) in [6, 6.07) is 17.7. The van der Waals surface area contributed by atoms with Gasteiger partial charge in [-0.2, -0.15) is 10.5 Å². The predicted molar refractivity (Wildman–Crippen MR) is 94.5 cm³/mol. The zero-order chi connectivity index (χ0) is 19.0. The Kier molecular flexibility index (Phi) is 4.02. The zero-order valence-electron chi connectivity index (χ0n) is 14.1. The number of carbonyl (C=O) groups excluding carboxylic acids is 1. The number of Topliss-reactive ketones (excluding diaryl/α,β-unsaturated/α-hetero) is 1. The average molecular weight is 358 g/mol. The first-order valence-corrected chi connectivity index (χ1v) is 8.37.